The smallest absolute Gasteiger partial charge is 0.191 e. The fourth-order valence-electron chi connectivity index (χ4n) is 2.33. The van der Waals surface area contributed by atoms with Crippen LogP contribution in [0.25, 0.3) is 10.6 Å². The summed E-state index contributed by atoms with van der Waals surface area (Å²) in [6, 6.07) is 16.6. The van der Waals surface area contributed by atoms with Crippen LogP contribution in [0, 0.1) is 5.82 Å². The van der Waals surface area contributed by atoms with E-state index in [0.29, 0.717) is 19.0 Å². The lowest BCUT2D eigenvalue weighted by Gasteiger charge is -2.11. The highest BCUT2D eigenvalue weighted by molar-refractivity contribution is 7.13. The number of guanidine groups is 1. The van der Waals surface area contributed by atoms with Crippen molar-refractivity contribution in [2.45, 2.75) is 13.1 Å². The molecular weight excluding hydrogens is 335 g/mol. The molecule has 0 aliphatic rings. The van der Waals surface area contributed by atoms with Crippen LogP contribution in [-0.4, -0.2) is 18.0 Å². The summed E-state index contributed by atoms with van der Waals surface area (Å²) in [7, 11) is 1.71. The first-order valence-corrected chi connectivity index (χ1v) is 8.81. The number of hydrogen-bond donors (Lipinski definition) is 2. The van der Waals surface area contributed by atoms with Gasteiger partial charge in [0.05, 0.1) is 12.2 Å². The van der Waals surface area contributed by atoms with Gasteiger partial charge in [-0.1, -0.05) is 42.5 Å². The van der Waals surface area contributed by atoms with E-state index in [4.69, 9.17) is 0 Å². The molecular formula is C19H19FN4S. The summed E-state index contributed by atoms with van der Waals surface area (Å²) in [5, 5.41) is 9.43. The maximum Gasteiger partial charge on any atom is 0.191 e. The Morgan fingerprint density at radius 1 is 1.08 bits per heavy atom. The molecule has 0 spiro atoms. The zero-order chi connectivity index (χ0) is 17.5. The molecule has 0 saturated carbocycles. The second-order valence-corrected chi connectivity index (χ2v) is 6.28. The maximum atomic E-state index is 13.2. The van der Waals surface area contributed by atoms with Gasteiger partial charge in [0.25, 0.3) is 0 Å². The summed E-state index contributed by atoms with van der Waals surface area (Å²) >= 11 is 1.62. The van der Waals surface area contributed by atoms with E-state index in [1.165, 1.54) is 12.1 Å². The number of benzene rings is 2. The van der Waals surface area contributed by atoms with Gasteiger partial charge >= 0.3 is 0 Å². The van der Waals surface area contributed by atoms with Gasteiger partial charge in [0.1, 0.15) is 10.8 Å². The first-order valence-electron chi connectivity index (χ1n) is 7.93. The predicted molar refractivity (Wildman–Crippen MR) is 101 cm³/mol. The SMILES string of the molecule is CN=C(NCc1cccc(F)c1)NCc1csc(-c2ccccc2)n1. The highest BCUT2D eigenvalue weighted by Gasteiger charge is 2.05. The van der Waals surface area contributed by atoms with Crippen LogP contribution in [0.5, 0.6) is 0 Å². The van der Waals surface area contributed by atoms with Crippen LogP contribution in [0.3, 0.4) is 0 Å². The summed E-state index contributed by atoms with van der Waals surface area (Å²) in [5.41, 5.74) is 2.94. The predicted octanol–water partition coefficient (Wildman–Crippen LogP) is 3.81. The van der Waals surface area contributed by atoms with Crippen LogP contribution in [-0.2, 0) is 13.1 Å². The molecule has 3 rings (SSSR count). The summed E-state index contributed by atoms with van der Waals surface area (Å²) in [4.78, 5) is 8.82. The van der Waals surface area contributed by atoms with E-state index in [0.717, 1.165) is 21.8 Å². The first kappa shape index (κ1) is 17.1. The number of hydrogen-bond acceptors (Lipinski definition) is 3. The summed E-state index contributed by atoms with van der Waals surface area (Å²) in [6.07, 6.45) is 0. The van der Waals surface area contributed by atoms with Crippen molar-refractivity contribution in [3.63, 3.8) is 0 Å². The molecule has 2 aromatic carbocycles. The largest absolute Gasteiger partial charge is 0.352 e. The van der Waals surface area contributed by atoms with E-state index < -0.39 is 0 Å². The zero-order valence-corrected chi connectivity index (χ0v) is 14.7. The van der Waals surface area contributed by atoms with Crippen LogP contribution < -0.4 is 10.6 Å². The number of thiazole rings is 1. The molecule has 0 aliphatic heterocycles. The molecule has 0 amide bonds. The summed E-state index contributed by atoms with van der Waals surface area (Å²) < 4.78 is 13.2. The Labute approximate surface area is 150 Å². The lowest BCUT2D eigenvalue weighted by atomic mass is 10.2. The van der Waals surface area contributed by atoms with Crippen molar-refractivity contribution in [3.8, 4) is 10.6 Å². The zero-order valence-electron chi connectivity index (χ0n) is 13.9. The van der Waals surface area contributed by atoms with E-state index in [1.807, 2.05) is 29.6 Å². The molecule has 1 aromatic heterocycles. The molecule has 6 heteroatoms. The Hall–Kier alpha value is -2.73. The standard InChI is InChI=1S/C19H19FN4S/c1-21-19(22-11-14-6-5-9-16(20)10-14)23-12-17-13-25-18(24-17)15-7-3-2-4-8-15/h2-10,13H,11-12H2,1H3,(H2,21,22,23). The lowest BCUT2D eigenvalue weighted by Crippen LogP contribution is -2.36. The van der Waals surface area contributed by atoms with Crippen molar-refractivity contribution in [3.05, 3.63) is 77.1 Å². The fourth-order valence-corrected chi connectivity index (χ4v) is 3.15. The quantitative estimate of drug-likeness (QED) is 0.541. The lowest BCUT2D eigenvalue weighted by molar-refractivity contribution is 0.624. The third kappa shape index (κ3) is 4.87. The van der Waals surface area contributed by atoms with Gasteiger partial charge in [0.2, 0.25) is 0 Å². The average molecular weight is 354 g/mol. The summed E-state index contributed by atoms with van der Waals surface area (Å²) in [6.45, 7) is 1.08. The average Bonchev–Trinajstić information content (AvgIpc) is 3.12. The Morgan fingerprint density at radius 2 is 1.88 bits per heavy atom. The molecule has 0 atom stereocenters. The Kier molecular flexibility index (Phi) is 5.74. The number of rotatable bonds is 5. The molecule has 3 aromatic rings. The normalized spacial score (nSPS) is 11.4. The maximum absolute atomic E-state index is 13.2. The van der Waals surface area contributed by atoms with Gasteiger partial charge in [0.15, 0.2) is 5.96 Å². The van der Waals surface area contributed by atoms with Gasteiger partial charge in [0, 0.05) is 24.5 Å². The highest BCUT2D eigenvalue weighted by atomic mass is 32.1. The number of aromatic nitrogens is 1. The molecule has 4 nitrogen and oxygen atoms in total. The molecule has 0 saturated heterocycles. The van der Waals surface area contributed by atoms with Crippen LogP contribution >= 0.6 is 11.3 Å². The number of aliphatic imine (C=N–C) groups is 1. The van der Waals surface area contributed by atoms with Crippen molar-refractivity contribution >= 4 is 17.3 Å². The molecule has 25 heavy (non-hydrogen) atoms. The van der Waals surface area contributed by atoms with Crippen LogP contribution in [0.1, 0.15) is 11.3 Å². The molecule has 0 aliphatic carbocycles. The van der Waals surface area contributed by atoms with E-state index in [9.17, 15) is 4.39 Å². The van der Waals surface area contributed by atoms with Crippen molar-refractivity contribution in [2.75, 3.05) is 7.05 Å². The molecule has 1 heterocycles. The third-order valence-electron chi connectivity index (χ3n) is 3.58. The third-order valence-corrected chi connectivity index (χ3v) is 4.52. The number of nitrogens with one attached hydrogen (secondary N) is 2. The minimum atomic E-state index is -0.238. The minimum Gasteiger partial charge on any atom is -0.352 e. The molecule has 2 N–H and O–H groups in total. The molecule has 0 unspecified atom stereocenters. The molecule has 0 bridgehead atoms. The van der Waals surface area contributed by atoms with Crippen LogP contribution in [0.2, 0.25) is 0 Å². The van der Waals surface area contributed by atoms with E-state index >= 15 is 0 Å². The first-order chi connectivity index (χ1) is 12.2. The van der Waals surface area contributed by atoms with Gasteiger partial charge in [-0.2, -0.15) is 0 Å². The fraction of sp³-hybridized carbons (Fsp3) is 0.158. The Bertz CT molecular complexity index is 845. The van der Waals surface area contributed by atoms with E-state index in [1.54, 1.807) is 24.5 Å². The summed E-state index contributed by atoms with van der Waals surface area (Å²) in [5.74, 6) is 0.414. The van der Waals surface area contributed by atoms with E-state index in [2.05, 4.69) is 32.7 Å². The van der Waals surface area contributed by atoms with Crippen LogP contribution in [0.15, 0.2) is 65.0 Å². The van der Waals surface area contributed by atoms with Crippen molar-refractivity contribution in [1.29, 1.82) is 0 Å². The van der Waals surface area contributed by atoms with Gasteiger partial charge in [-0.05, 0) is 17.7 Å². The van der Waals surface area contributed by atoms with Crippen molar-refractivity contribution in [2.24, 2.45) is 4.99 Å². The second kappa shape index (κ2) is 8.39. The number of nitrogens with zero attached hydrogens (tertiary/aromatic N) is 2. The molecule has 0 fully saturated rings. The van der Waals surface area contributed by atoms with Gasteiger partial charge < -0.3 is 10.6 Å². The molecule has 128 valence electrons. The van der Waals surface area contributed by atoms with E-state index in [-0.39, 0.29) is 5.82 Å². The topological polar surface area (TPSA) is 49.3 Å². The number of halogens is 1. The van der Waals surface area contributed by atoms with Crippen molar-refractivity contribution < 1.29 is 4.39 Å². The molecule has 0 radical (unpaired) electrons. The van der Waals surface area contributed by atoms with Gasteiger partial charge in [-0.15, -0.1) is 11.3 Å². The van der Waals surface area contributed by atoms with Crippen molar-refractivity contribution in [1.82, 2.24) is 15.6 Å². The van der Waals surface area contributed by atoms with Gasteiger partial charge in [-0.3, -0.25) is 4.99 Å². The van der Waals surface area contributed by atoms with Gasteiger partial charge in [-0.25, -0.2) is 9.37 Å². The minimum absolute atomic E-state index is 0.238. The Balaban J connectivity index is 1.54. The van der Waals surface area contributed by atoms with Crippen LogP contribution in [0.4, 0.5) is 4.39 Å². The second-order valence-electron chi connectivity index (χ2n) is 5.42. The Morgan fingerprint density at radius 3 is 2.64 bits per heavy atom. The monoisotopic (exact) mass is 354 g/mol. The highest BCUT2D eigenvalue weighted by Crippen LogP contribution is 2.23.